The van der Waals surface area contributed by atoms with Gasteiger partial charge in [-0.25, -0.2) is 0 Å². The second-order valence-corrected chi connectivity index (χ2v) is 8.97. The molecule has 2 aromatic heterocycles. The second kappa shape index (κ2) is 7.54. The molecule has 0 amide bonds. The molecule has 6 heteroatoms. The number of halogens is 1. The number of amidine groups is 1. The van der Waals surface area contributed by atoms with Gasteiger partial charge in [0.15, 0.2) is 5.17 Å². The highest BCUT2D eigenvalue weighted by Gasteiger charge is 2.46. The molecule has 2 aliphatic rings. The Hall–Kier alpha value is -2.24. The first-order chi connectivity index (χ1) is 14.2. The second-order valence-electron chi connectivity index (χ2n) is 7.55. The molecule has 0 spiro atoms. The molecule has 1 saturated heterocycles. The SMILES string of the molecule is CCC1CSC2=NC(c3ccccn3)C(c3ccc(C)n3-c3ccc(Cl)cc3)N21. The number of thioether (sulfide) groups is 1. The van der Waals surface area contributed by atoms with Crippen molar-refractivity contribution in [3.63, 3.8) is 0 Å². The number of benzene rings is 1. The fourth-order valence-corrected chi connectivity index (χ4v) is 5.87. The molecule has 1 fully saturated rings. The van der Waals surface area contributed by atoms with E-state index in [0.29, 0.717) is 6.04 Å². The van der Waals surface area contributed by atoms with Crippen molar-refractivity contribution in [3.05, 3.63) is 82.9 Å². The lowest BCUT2D eigenvalue weighted by atomic mass is 9.99. The minimum absolute atomic E-state index is 0.00611. The number of hydrogen-bond acceptors (Lipinski definition) is 4. The van der Waals surface area contributed by atoms with Crippen molar-refractivity contribution in [2.75, 3.05) is 5.75 Å². The van der Waals surface area contributed by atoms with Gasteiger partial charge in [0, 0.05) is 40.1 Å². The number of rotatable bonds is 4. The van der Waals surface area contributed by atoms with E-state index in [1.165, 1.54) is 11.4 Å². The van der Waals surface area contributed by atoms with Gasteiger partial charge in [-0.1, -0.05) is 36.4 Å². The molecule has 29 heavy (non-hydrogen) atoms. The summed E-state index contributed by atoms with van der Waals surface area (Å²) < 4.78 is 2.34. The van der Waals surface area contributed by atoms with Crippen LogP contribution in [0.4, 0.5) is 0 Å². The predicted octanol–water partition coefficient (Wildman–Crippen LogP) is 5.81. The summed E-state index contributed by atoms with van der Waals surface area (Å²) in [6.07, 6.45) is 2.97. The highest BCUT2D eigenvalue weighted by Crippen LogP contribution is 2.49. The van der Waals surface area contributed by atoms with Crippen LogP contribution in [0.15, 0.2) is 65.8 Å². The van der Waals surface area contributed by atoms with E-state index < -0.39 is 0 Å². The zero-order chi connectivity index (χ0) is 20.0. The van der Waals surface area contributed by atoms with Crippen LogP contribution in [0.5, 0.6) is 0 Å². The average Bonchev–Trinajstić information content (AvgIpc) is 3.42. The summed E-state index contributed by atoms with van der Waals surface area (Å²) in [6, 6.07) is 19.2. The molecule has 0 bridgehead atoms. The minimum atomic E-state index is -0.00611. The fraction of sp³-hybridized carbons (Fsp3) is 0.304. The van der Waals surface area contributed by atoms with Crippen molar-refractivity contribution >= 4 is 28.5 Å². The van der Waals surface area contributed by atoms with Gasteiger partial charge >= 0.3 is 0 Å². The first-order valence-corrected chi connectivity index (χ1v) is 11.4. The van der Waals surface area contributed by atoms with Gasteiger partial charge in [-0.3, -0.25) is 9.98 Å². The van der Waals surface area contributed by atoms with E-state index in [1.807, 2.05) is 36.2 Å². The van der Waals surface area contributed by atoms with E-state index in [1.54, 1.807) is 0 Å². The Morgan fingerprint density at radius 2 is 1.93 bits per heavy atom. The molecular weight excluding hydrogens is 400 g/mol. The predicted molar refractivity (Wildman–Crippen MR) is 121 cm³/mol. The number of pyridine rings is 1. The summed E-state index contributed by atoms with van der Waals surface area (Å²) in [5.74, 6) is 1.10. The number of aromatic nitrogens is 2. The number of fused-ring (bicyclic) bond motifs is 1. The molecule has 3 unspecified atom stereocenters. The summed E-state index contributed by atoms with van der Waals surface area (Å²) in [5, 5.41) is 1.90. The maximum atomic E-state index is 6.15. The van der Waals surface area contributed by atoms with Crippen LogP contribution in [-0.2, 0) is 0 Å². The number of nitrogens with zero attached hydrogens (tertiary/aromatic N) is 4. The maximum absolute atomic E-state index is 6.15. The van der Waals surface area contributed by atoms with Crippen molar-refractivity contribution < 1.29 is 0 Å². The Morgan fingerprint density at radius 1 is 1.10 bits per heavy atom. The molecule has 1 aromatic carbocycles. The minimum Gasteiger partial charge on any atom is -0.337 e. The van der Waals surface area contributed by atoms with Crippen LogP contribution in [-0.4, -0.2) is 31.4 Å². The van der Waals surface area contributed by atoms with Gasteiger partial charge in [0.2, 0.25) is 0 Å². The smallest absolute Gasteiger partial charge is 0.160 e. The van der Waals surface area contributed by atoms with Gasteiger partial charge in [0.05, 0.1) is 5.69 Å². The Kier molecular flexibility index (Phi) is 4.88. The Bertz CT molecular complexity index is 1040. The average molecular weight is 423 g/mol. The fourth-order valence-electron chi connectivity index (χ4n) is 4.40. The molecule has 4 nitrogen and oxygen atoms in total. The van der Waals surface area contributed by atoms with E-state index in [4.69, 9.17) is 16.6 Å². The molecule has 2 aliphatic heterocycles. The third kappa shape index (κ3) is 3.17. The van der Waals surface area contributed by atoms with E-state index >= 15 is 0 Å². The van der Waals surface area contributed by atoms with Crippen molar-refractivity contribution in [1.82, 2.24) is 14.5 Å². The van der Waals surface area contributed by atoms with E-state index in [0.717, 1.165) is 33.7 Å². The molecule has 3 aromatic rings. The zero-order valence-electron chi connectivity index (χ0n) is 16.5. The van der Waals surface area contributed by atoms with Gasteiger partial charge in [0.1, 0.15) is 12.1 Å². The van der Waals surface area contributed by atoms with E-state index in [9.17, 15) is 0 Å². The van der Waals surface area contributed by atoms with Gasteiger partial charge in [-0.15, -0.1) is 0 Å². The van der Waals surface area contributed by atoms with E-state index in [2.05, 4.69) is 64.7 Å². The van der Waals surface area contributed by atoms with Crippen LogP contribution < -0.4 is 0 Å². The van der Waals surface area contributed by atoms with Crippen LogP contribution in [0, 0.1) is 6.92 Å². The first kappa shape index (κ1) is 18.8. The van der Waals surface area contributed by atoms with Crippen LogP contribution in [0.2, 0.25) is 5.02 Å². The van der Waals surface area contributed by atoms with Gasteiger partial charge in [-0.2, -0.15) is 0 Å². The van der Waals surface area contributed by atoms with Crippen molar-refractivity contribution in [2.45, 2.75) is 38.4 Å². The highest BCUT2D eigenvalue weighted by molar-refractivity contribution is 8.14. The van der Waals surface area contributed by atoms with Crippen molar-refractivity contribution in [3.8, 4) is 5.69 Å². The summed E-state index contributed by atoms with van der Waals surface area (Å²) in [5.41, 5.74) is 4.60. The standard InChI is InChI=1S/C23H23ClN4S/c1-3-17-14-29-23-26-21(19-6-4-5-13-25-19)22(28(17)23)20-12-7-15(2)27(20)18-10-8-16(24)9-11-18/h4-13,17,21-22H,3,14H2,1-2H3. The summed E-state index contributed by atoms with van der Waals surface area (Å²) in [4.78, 5) is 12.3. The molecule has 0 aliphatic carbocycles. The third-order valence-electron chi connectivity index (χ3n) is 5.82. The Labute approximate surface area is 180 Å². The molecule has 5 rings (SSSR count). The Morgan fingerprint density at radius 3 is 2.66 bits per heavy atom. The summed E-state index contributed by atoms with van der Waals surface area (Å²) in [6.45, 7) is 4.42. The number of hydrogen-bond donors (Lipinski definition) is 0. The van der Waals surface area contributed by atoms with Crippen molar-refractivity contribution in [2.24, 2.45) is 4.99 Å². The van der Waals surface area contributed by atoms with Crippen LogP contribution in [0.25, 0.3) is 5.69 Å². The molecule has 3 atom stereocenters. The molecule has 0 N–H and O–H groups in total. The highest BCUT2D eigenvalue weighted by atomic mass is 35.5. The third-order valence-corrected chi connectivity index (χ3v) is 7.20. The number of aryl methyl sites for hydroxylation is 1. The monoisotopic (exact) mass is 422 g/mol. The molecule has 0 saturated carbocycles. The maximum Gasteiger partial charge on any atom is 0.160 e. The lowest BCUT2D eigenvalue weighted by Gasteiger charge is -2.32. The van der Waals surface area contributed by atoms with Crippen LogP contribution in [0.1, 0.15) is 42.5 Å². The van der Waals surface area contributed by atoms with Gasteiger partial charge in [0.25, 0.3) is 0 Å². The van der Waals surface area contributed by atoms with E-state index in [-0.39, 0.29) is 12.1 Å². The summed E-state index contributed by atoms with van der Waals surface area (Å²) >= 11 is 8.02. The first-order valence-electron chi connectivity index (χ1n) is 10.0. The quantitative estimate of drug-likeness (QED) is 0.531. The van der Waals surface area contributed by atoms with Crippen LogP contribution >= 0.6 is 23.4 Å². The normalized spacial score (nSPS) is 23.3. The lowest BCUT2D eigenvalue weighted by molar-refractivity contribution is 0.248. The lowest BCUT2D eigenvalue weighted by Crippen LogP contribution is -2.36. The molecule has 0 radical (unpaired) electrons. The molecular formula is C23H23ClN4S. The van der Waals surface area contributed by atoms with Crippen LogP contribution in [0.3, 0.4) is 0 Å². The zero-order valence-corrected chi connectivity index (χ0v) is 18.1. The molecule has 148 valence electrons. The van der Waals surface area contributed by atoms with Gasteiger partial charge < -0.3 is 9.47 Å². The summed E-state index contributed by atoms with van der Waals surface area (Å²) in [7, 11) is 0. The topological polar surface area (TPSA) is 33.4 Å². The Balaban J connectivity index is 1.65. The largest absolute Gasteiger partial charge is 0.337 e. The number of aliphatic imine (C=N–C) groups is 1. The van der Waals surface area contributed by atoms with Crippen molar-refractivity contribution in [1.29, 1.82) is 0 Å². The molecule has 4 heterocycles. The van der Waals surface area contributed by atoms with Gasteiger partial charge in [-0.05, 0) is 61.9 Å².